The molecule has 0 amide bonds. The SMILES string of the molecule is COC(=O)c1ccc(CN2CCSC(C)(C)CC2)cc1. The Morgan fingerprint density at radius 1 is 1.30 bits per heavy atom. The summed E-state index contributed by atoms with van der Waals surface area (Å²) in [5, 5.41) is 0. The van der Waals surface area contributed by atoms with E-state index in [2.05, 4.69) is 30.5 Å². The molecule has 0 radical (unpaired) electrons. The number of esters is 1. The first-order chi connectivity index (χ1) is 9.50. The number of nitrogens with zero attached hydrogens (tertiary/aromatic N) is 1. The minimum Gasteiger partial charge on any atom is -0.465 e. The van der Waals surface area contributed by atoms with Crippen molar-refractivity contribution in [3.63, 3.8) is 0 Å². The standard InChI is InChI=1S/C16H23NO2S/c1-16(2)8-9-17(10-11-20-16)12-13-4-6-14(7-5-13)15(18)19-3/h4-7H,8-12H2,1-3H3. The van der Waals surface area contributed by atoms with Crippen molar-refractivity contribution < 1.29 is 9.53 Å². The highest BCUT2D eigenvalue weighted by Crippen LogP contribution is 2.31. The monoisotopic (exact) mass is 293 g/mol. The van der Waals surface area contributed by atoms with Gasteiger partial charge in [-0.1, -0.05) is 26.0 Å². The van der Waals surface area contributed by atoms with Gasteiger partial charge in [-0.05, 0) is 30.7 Å². The molecular formula is C16H23NO2S. The molecule has 1 aliphatic rings. The summed E-state index contributed by atoms with van der Waals surface area (Å²) >= 11 is 2.06. The molecule has 2 rings (SSSR count). The second-order valence-electron chi connectivity index (χ2n) is 5.82. The van der Waals surface area contributed by atoms with E-state index in [-0.39, 0.29) is 5.97 Å². The van der Waals surface area contributed by atoms with Gasteiger partial charge in [0, 0.05) is 23.6 Å². The van der Waals surface area contributed by atoms with E-state index in [1.165, 1.54) is 24.8 Å². The highest BCUT2D eigenvalue weighted by molar-refractivity contribution is 8.00. The summed E-state index contributed by atoms with van der Waals surface area (Å²) in [4.78, 5) is 13.9. The zero-order valence-corrected chi connectivity index (χ0v) is 13.3. The predicted octanol–water partition coefficient (Wildman–Crippen LogP) is 3.19. The molecular weight excluding hydrogens is 270 g/mol. The number of carbonyl (C=O) groups is 1. The minimum absolute atomic E-state index is 0.274. The Hall–Kier alpha value is -1.00. The number of methoxy groups -OCH3 is 1. The van der Waals surface area contributed by atoms with Gasteiger partial charge in [-0.3, -0.25) is 4.90 Å². The van der Waals surface area contributed by atoms with E-state index >= 15 is 0 Å². The topological polar surface area (TPSA) is 29.5 Å². The van der Waals surface area contributed by atoms with Gasteiger partial charge in [-0.2, -0.15) is 11.8 Å². The maximum Gasteiger partial charge on any atom is 0.337 e. The first kappa shape index (κ1) is 15.4. The third-order valence-corrected chi connectivity index (χ3v) is 5.08. The number of thioether (sulfide) groups is 1. The van der Waals surface area contributed by atoms with E-state index in [9.17, 15) is 4.79 Å². The summed E-state index contributed by atoms with van der Waals surface area (Å²) < 4.78 is 5.11. The van der Waals surface area contributed by atoms with Crippen molar-refractivity contribution in [2.75, 3.05) is 26.0 Å². The zero-order valence-electron chi connectivity index (χ0n) is 12.5. The quantitative estimate of drug-likeness (QED) is 0.801. The van der Waals surface area contributed by atoms with Crippen molar-refractivity contribution in [1.82, 2.24) is 4.90 Å². The van der Waals surface area contributed by atoms with Crippen LogP contribution >= 0.6 is 11.8 Å². The van der Waals surface area contributed by atoms with Crippen LogP contribution in [0.3, 0.4) is 0 Å². The number of rotatable bonds is 3. The number of ether oxygens (including phenoxy) is 1. The second-order valence-corrected chi connectivity index (χ2v) is 7.62. The zero-order chi connectivity index (χ0) is 14.6. The first-order valence-electron chi connectivity index (χ1n) is 7.04. The van der Waals surface area contributed by atoms with Gasteiger partial charge in [-0.15, -0.1) is 0 Å². The second kappa shape index (κ2) is 6.64. The van der Waals surface area contributed by atoms with Gasteiger partial charge >= 0.3 is 5.97 Å². The van der Waals surface area contributed by atoms with Crippen LogP contribution in [-0.4, -0.2) is 41.6 Å². The van der Waals surface area contributed by atoms with Crippen molar-refractivity contribution in [2.24, 2.45) is 0 Å². The minimum atomic E-state index is -0.274. The highest BCUT2D eigenvalue weighted by atomic mass is 32.2. The Bertz CT molecular complexity index is 456. The largest absolute Gasteiger partial charge is 0.465 e. The first-order valence-corrected chi connectivity index (χ1v) is 8.02. The summed E-state index contributed by atoms with van der Waals surface area (Å²) in [5.74, 6) is 0.914. The molecule has 4 heteroatoms. The van der Waals surface area contributed by atoms with Crippen LogP contribution in [0.4, 0.5) is 0 Å². The number of carbonyl (C=O) groups excluding carboxylic acids is 1. The molecule has 0 aromatic heterocycles. The Morgan fingerprint density at radius 2 is 2.00 bits per heavy atom. The molecule has 1 heterocycles. The molecule has 0 spiro atoms. The molecule has 0 bridgehead atoms. The Labute approximate surface area is 125 Å². The van der Waals surface area contributed by atoms with E-state index in [4.69, 9.17) is 4.74 Å². The van der Waals surface area contributed by atoms with E-state index in [1.807, 2.05) is 24.3 Å². The fraction of sp³-hybridized carbons (Fsp3) is 0.562. The van der Waals surface area contributed by atoms with Crippen LogP contribution in [-0.2, 0) is 11.3 Å². The Kier molecular flexibility index (Phi) is 5.11. The van der Waals surface area contributed by atoms with E-state index in [0.29, 0.717) is 10.3 Å². The molecule has 1 fully saturated rings. The van der Waals surface area contributed by atoms with Gasteiger partial charge in [0.25, 0.3) is 0 Å². The summed E-state index contributed by atoms with van der Waals surface area (Å²) in [7, 11) is 1.41. The fourth-order valence-electron chi connectivity index (χ4n) is 2.34. The lowest BCUT2D eigenvalue weighted by Crippen LogP contribution is -2.26. The van der Waals surface area contributed by atoms with E-state index < -0.39 is 0 Å². The van der Waals surface area contributed by atoms with E-state index in [0.717, 1.165) is 19.6 Å². The summed E-state index contributed by atoms with van der Waals surface area (Å²) in [6.45, 7) is 7.88. The van der Waals surface area contributed by atoms with Crippen LogP contribution in [0.1, 0.15) is 36.2 Å². The van der Waals surface area contributed by atoms with Crippen LogP contribution < -0.4 is 0 Å². The fourth-order valence-corrected chi connectivity index (χ4v) is 3.48. The number of hydrogen-bond donors (Lipinski definition) is 0. The van der Waals surface area contributed by atoms with Crippen LogP contribution in [0.25, 0.3) is 0 Å². The average Bonchev–Trinajstić information content (AvgIpc) is 2.60. The van der Waals surface area contributed by atoms with Gasteiger partial charge in [0.15, 0.2) is 0 Å². The van der Waals surface area contributed by atoms with Gasteiger partial charge < -0.3 is 4.74 Å². The molecule has 3 nitrogen and oxygen atoms in total. The van der Waals surface area contributed by atoms with Gasteiger partial charge in [-0.25, -0.2) is 4.79 Å². The molecule has 1 saturated heterocycles. The lowest BCUT2D eigenvalue weighted by Gasteiger charge is -2.22. The van der Waals surface area contributed by atoms with Gasteiger partial charge in [0.2, 0.25) is 0 Å². The predicted molar refractivity (Wildman–Crippen MR) is 84.2 cm³/mol. The molecule has 0 N–H and O–H groups in total. The maximum absolute atomic E-state index is 11.4. The van der Waals surface area contributed by atoms with Crippen LogP contribution in [0, 0.1) is 0 Å². The average molecular weight is 293 g/mol. The number of hydrogen-bond acceptors (Lipinski definition) is 4. The summed E-state index contributed by atoms with van der Waals surface area (Å²) in [5.41, 5.74) is 1.87. The Balaban J connectivity index is 1.94. The third-order valence-electron chi connectivity index (χ3n) is 3.71. The van der Waals surface area contributed by atoms with Gasteiger partial charge in [0.05, 0.1) is 12.7 Å². The van der Waals surface area contributed by atoms with Crippen molar-refractivity contribution in [3.05, 3.63) is 35.4 Å². The van der Waals surface area contributed by atoms with Crippen molar-refractivity contribution in [3.8, 4) is 0 Å². The highest BCUT2D eigenvalue weighted by Gasteiger charge is 2.23. The van der Waals surface area contributed by atoms with Crippen molar-refractivity contribution in [1.29, 1.82) is 0 Å². The molecule has 1 aliphatic heterocycles. The molecule has 0 aliphatic carbocycles. The molecule has 110 valence electrons. The maximum atomic E-state index is 11.4. The number of benzene rings is 1. The normalized spacial score (nSPS) is 19.4. The van der Waals surface area contributed by atoms with Gasteiger partial charge in [0.1, 0.15) is 0 Å². The van der Waals surface area contributed by atoms with Crippen molar-refractivity contribution in [2.45, 2.75) is 31.6 Å². The lowest BCUT2D eigenvalue weighted by molar-refractivity contribution is 0.0600. The van der Waals surface area contributed by atoms with E-state index in [1.54, 1.807) is 0 Å². The Morgan fingerprint density at radius 3 is 2.65 bits per heavy atom. The van der Waals surface area contributed by atoms with Crippen LogP contribution in [0.2, 0.25) is 0 Å². The molecule has 0 atom stereocenters. The van der Waals surface area contributed by atoms with Crippen LogP contribution in [0.15, 0.2) is 24.3 Å². The molecule has 0 unspecified atom stereocenters. The third kappa shape index (κ3) is 4.25. The smallest absolute Gasteiger partial charge is 0.337 e. The van der Waals surface area contributed by atoms with Crippen LogP contribution in [0.5, 0.6) is 0 Å². The lowest BCUT2D eigenvalue weighted by atomic mass is 10.1. The van der Waals surface area contributed by atoms with Crippen molar-refractivity contribution >= 4 is 17.7 Å². The molecule has 1 aromatic rings. The molecule has 1 aromatic carbocycles. The molecule has 20 heavy (non-hydrogen) atoms. The summed E-state index contributed by atoms with van der Waals surface area (Å²) in [6, 6.07) is 7.74. The summed E-state index contributed by atoms with van der Waals surface area (Å²) in [6.07, 6.45) is 1.22. The molecule has 0 saturated carbocycles.